The van der Waals surface area contributed by atoms with Crippen LogP contribution in [0.1, 0.15) is 41.8 Å². The van der Waals surface area contributed by atoms with E-state index in [1.54, 1.807) is 0 Å². The van der Waals surface area contributed by atoms with Crippen molar-refractivity contribution in [3.8, 4) is 0 Å². The fraction of sp³-hybridized carbons (Fsp3) is 0.259. The first-order valence-electron chi connectivity index (χ1n) is 11.3. The number of para-hydroxylation sites is 2. The molecule has 1 aliphatic heterocycles. The minimum atomic E-state index is -0.141. The number of H-pyrrole nitrogens is 1. The van der Waals surface area contributed by atoms with Crippen molar-refractivity contribution in [3.63, 3.8) is 0 Å². The Balaban J connectivity index is 1.20. The maximum Gasteiger partial charge on any atom is 0.234 e. The quantitative estimate of drug-likeness (QED) is 0.474. The summed E-state index contributed by atoms with van der Waals surface area (Å²) in [7, 11) is 0. The molecule has 0 unspecified atom stereocenters. The summed E-state index contributed by atoms with van der Waals surface area (Å²) < 4.78 is 0. The van der Waals surface area contributed by atoms with E-state index in [0.29, 0.717) is 12.5 Å². The van der Waals surface area contributed by atoms with E-state index in [-0.39, 0.29) is 11.9 Å². The molecule has 2 heterocycles. The summed E-state index contributed by atoms with van der Waals surface area (Å²) >= 11 is 0. The number of aromatic nitrogens is 2. The van der Waals surface area contributed by atoms with Crippen LogP contribution in [0.3, 0.4) is 0 Å². The molecule has 2 N–H and O–H groups in total. The first kappa shape index (κ1) is 20.5. The van der Waals surface area contributed by atoms with Gasteiger partial charge in [0.25, 0.3) is 0 Å². The highest BCUT2D eigenvalue weighted by Crippen LogP contribution is 2.28. The van der Waals surface area contributed by atoms with Crippen LogP contribution in [0.25, 0.3) is 11.0 Å². The zero-order valence-corrected chi connectivity index (χ0v) is 18.1. The number of fused-ring (bicyclic) bond motifs is 1. The monoisotopic (exact) mass is 424 g/mol. The summed E-state index contributed by atoms with van der Waals surface area (Å²) in [5, 5.41) is 3.26. The number of rotatable bonds is 6. The number of nitrogens with zero attached hydrogens (tertiary/aromatic N) is 2. The average Bonchev–Trinajstić information content (AvgIpc) is 3.28. The van der Waals surface area contributed by atoms with Gasteiger partial charge in [-0.05, 0) is 49.2 Å². The predicted octanol–water partition coefficient (Wildman–Crippen LogP) is 4.65. The molecule has 162 valence electrons. The lowest BCUT2D eigenvalue weighted by atomic mass is 9.96. The number of likely N-dealkylation sites (tertiary alicyclic amines) is 1. The highest BCUT2D eigenvalue weighted by atomic mass is 16.2. The number of piperidine rings is 1. The summed E-state index contributed by atoms with van der Waals surface area (Å²) in [6.45, 7) is 2.22. The molecule has 1 amide bonds. The van der Waals surface area contributed by atoms with Crippen molar-refractivity contribution < 1.29 is 4.79 Å². The number of carbonyl (C=O) groups excluding carboxylic acids is 1. The molecule has 0 aliphatic carbocycles. The van der Waals surface area contributed by atoms with Gasteiger partial charge < -0.3 is 10.3 Å². The number of hydrogen-bond donors (Lipinski definition) is 2. The van der Waals surface area contributed by atoms with Crippen LogP contribution in [-0.4, -0.2) is 40.4 Å². The molecule has 1 saturated heterocycles. The molecule has 1 fully saturated rings. The standard InChI is InChI=1S/C27H28N4O/c32-25(30-26(20-9-3-1-4-10-20)21-11-5-2-6-12-21)19-31-17-15-22(16-18-31)27-28-23-13-7-8-14-24(23)29-27/h1-14,22,26H,15-19H2,(H,28,29)(H,30,32). The number of hydrogen-bond acceptors (Lipinski definition) is 3. The fourth-order valence-electron chi connectivity index (χ4n) is 4.59. The minimum absolute atomic E-state index is 0.0601. The average molecular weight is 425 g/mol. The number of amides is 1. The van der Waals surface area contributed by atoms with E-state index >= 15 is 0 Å². The Morgan fingerprint density at radius 3 is 2.12 bits per heavy atom. The van der Waals surface area contributed by atoms with Crippen molar-refractivity contribution in [2.24, 2.45) is 0 Å². The summed E-state index contributed by atoms with van der Waals surface area (Å²) in [5.74, 6) is 1.55. The van der Waals surface area contributed by atoms with Gasteiger partial charge in [-0.2, -0.15) is 0 Å². The molecule has 0 saturated carbocycles. The topological polar surface area (TPSA) is 61.0 Å². The van der Waals surface area contributed by atoms with Gasteiger partial charge in [-0.3, -0.25) is 9.69 Å². The molecular formula is C27H28N4O. The van der Waals surface area contributed by atoms with Crippen LogP contribution in [-0.2, 0) is 4.79 Å². The molecule has 0 bridgehead atoms. The van der Waals surface area contributed by atoms with Crippen LogP contribution in [0.15, 0.2) is 84.9 Å². The van der Waals surface area contributed by atoms with Gasteiger partial charge in [-0.25, -0.2) is 4.98 Å². The van der Waals surface area contributed by atoms with Crippen LogP contribution in [0.5, 0.6) is 0 Å². The SMILES string of the molecule is O=C(CN1CCC(c2nc3ccccc3[nH]2)CC1)NC(c1ccccc1)c1ccccc1. The summed E-state index contributed by atoms with van der Waals surface area (Å²) in [6.07, 6.45) is 2.02. The van der Waals surface area contributed by atoms with Gasteiger partial charge in [0.1, 0.15) is 5.82 Å². The lowest BCUT2D eigenvalue weighted by molar-refractivity contribution is -0.123. The van der Waals surface area contributed by atoms with Crippen molar-refractivity contribution in [1.29, 1.82) is 0 Å². The molecular weight excluding hydrogens is 396 g/mol. The molecule has 0 atom stereocenters. The van der Waals surface area contributed by atoms with E-state index in [9.17, 15) is 4.79 Å². The van der Waals surface area contributed by atoms with Crippen molar-refractivity contribution in [3.05, 3.63) is 102 Å². The van der Waals surface area contributed by atoms with Gasteiger partial charge in [0.2, 0.25) is 5.91 Å². The number of nitrogens with one attached hydrogen (secondary N) is 2. The van der Waals surface area contributed by atoms with Crippen LogP contribution in [0.2, 0.25) is 0 Å². The van der Waals surface area contributed by atoms with Crippen molar-refractivity contribution in [1.82, 2.24) is 20.2 Å². The van der Waals surface area contributed by atoms with Gasteiger partial charge in [0.05, 0.1) is 23.6 Å². The van der Waals surface area contributed by atoms with Crippen LogP contribution < -0.4 is 5.32 Å². The zero-order valence-electron chi connectivity index (χ0n) is 18.1. The van der Waals surface area contributed by atoms with E-state index in [4.69, 9.17) is 4.98 Å². The van der Waals surface area contributed by atoms with Crippen molar-refractivity contribution in [2.45, 2.75) is 24.8 Å². The Morgan fingerprint density at radius 2 is 1.50 bits per heavy atom. The fourth-order valence-corrected chi connectivity index (χ4v) is 4.59. The lowest BCUT2D eigenvalue weighted by Gasteiger charge is -2.31. The van der Waals surface area contributed by atoms with E-state index < -0.39 is 0 Å². The first-order chi connectivity index (χ1) is 15.8. The number of imidazole rings is 1. The summed E-state index contributed by atoms with van der Waals surface area (Å²) in [4.78, 5) is 23.5. The zero-order chi connectivity index (χ0) is 21.8. The Morgan fingerprint density at radius 1 is 0.906 bits per heavy atom. The predicted molar refractivity (Wildman–Crippen MR) is 127 cm³/mol. The van der Waals surface area contributed by atoms with Crippen LogP contribution in [0, 0.1) is 0 Å². The highest BCUT2D eigenvalue weighted by Gasteiger charge is 2.25. The Kier molecular flexibility index (Phi) is 5.99. The van der Waals surface area contributed by atoms with Gasteiger partial charge in [-0.1, -0.05) is 72.8 Å². The maximum atomic E-state index is 13.0. The molecule has 3 aromatic carbocycles. The smallest absolute Gasteiger partial charge is 0.234 e. The molecule has 4 aromatic rings. The second-order valence-electron chi connectivity index (χ2n) is 8.51. The third kappa shape index (κ3) is 4.58. The molecule has 5 rings (SSSR count). The third-order valence-corrected chi connectivity index (χ3v) is 6.32. The second kappa shape index (κ2) is 9.37. The van der Waals surface area contributed by atoms with Gasteiger partial charge >= 0.3 is 0 Å². The number of aromatic amines is 1. The Labute approximate surface area is 188 Å². The van der Waals surface area contributed by atoms with E-state index in [1.807, 2.05) is 54.6 Å². The highest BCUT2D eigenvalue weighted by molar-refractivity contribution is 5.79. The molecule has 5 heteroatoms. The Hall–Kier alpha value is -3.44. The van der Waals surface area contributed by atoms with Crippen LogP contribution in [0.4, 0.5) is 0 Å². The molecule has 1 aliphatic rings. The van der Waals surface area contributed by atoms with Crippen molar-refractivity contribution >= 4 is 16.9 Å². The molecule has 5 nitrogen and oxygen atoms in total. The van der Waals surface area contributed by atoms with Crippen molar-refractivity contribution in [2.75, 3.05) is 19.6 Å². The van der Waals surface area contributed by atoms with E-state index in [1.165, 1.54) is 0 Å². The summed E-state index contributed by atoms with van der Waals surface area (Å²) in [6, 6.07) is 28.3. The lowest BCUT2D eigenvalue weighted by Crippen LogP contribution is -2.42. The first-order valence-corrected chi connectivity index (χ1v) is 11.3. The van der Waals surface area contributed by atoms with Gasteiger partial charge in [-0.15, -0.1) is 0 Å². The van der Waals surface area contributed by atoms with E-state index in [0.717, 1.165) is 53.9 Å². The molecule has 0 radical (unpaired) electrons. The minimum Gasteiger partial charge on any atom is -0.344 e. The third-order valence-electron chi connectivity index (χ3n) is 6.32. The van der Waals surface area contributed by atoms with Gasteiger partial charge in [0.15, 0.2) is 0 Å². The largest absolute Gasteiger partial charge is 0.344 e. The molecule has 1 aromatic heterocycles. The normalized spacial score (nSPS) is 15.3. The van der Waals surface area contributed by atoms with Crippen LogP contribution >= 0.6 is 0 Å². The Bertz CT molecular complexity index is 1090. The number of benzene rings is 3. The maximum absolute atomic E-state index is 13.0. The molecule has 0 spiro atoms. The second-order valence-corrected chi connectivity index (χ2v) is 8.51. The molecule has 32 heavy (non-hydrogen) atoms. The van der Waals surface area contributed by atoms with E-state index in [2.05, 4.69) is 45.5 Å². The number of carbonyl (C=O) groups is 1. The summed E-state index contributed by atoms with van der Waals surface area (Å²) in [5.41, 5.74) is 4.31. The van der Waals surface area contributed by atoms with Gasteiger partial charge in [0, 0.05) is 5.92 Å².